The molecule has 1 fully saturated rings. The van der Waals surface area contributed by atoms with Gasteiger partial charge in [0.15, 0.2) is 18.1 Å². The number of para-hydroxylation sites is 1. The Morgan fingerprint density at radius 2 is 1.88 bits per heavy atom. The van der Waals surface area contributed by atoms with Crippen molar-refractivity contribution in [2.45, 2.75) is 13.8 Å². The van der Waals surface area contributed by atoms with Gasteiger partial charge in [-0.3, -0.25) is 19.3 Å². The van der Waals surface area contributed by atoms with Crippen LogP contribution in [0.15, 0.2) is 35.2 Å². The first-order valence-corrected chi connectivity index (χ1v) is 11.1. The minimum absolute atomic E-state index is 0.0417. The molecule has 2 aromatic carbocycles. The van der Waals surface area contributed by atoms with Crippen LogP contribution >= 0.6 is 23.4 Å². The Balaban J connectivity index is 1.77. The van der Waals surface area contributed by atoms with E-state index >= 15 is 0 Å². The van der Waals surface area contributed by atoms with Crippen LogP contribution in [0.3, 0.4) is 0 Å². The molecular formula is C23H21ClN2O7S. The second-order valence-electron chi connectivity index (χ2n) is 7.30. The molecule has 178 valence electrons. The molecule has 0 saturated carbocycles. The zero-order chi connectivity index (χ0) is 25.0. The molecule has 34 heavy (non-hydrogen) atoms. The lowest BCUT2D eigenvalue weighted by Crippen LogP contribution is -2.36. The number of halogens is 1. The largest absolute Gasteiger partial charge is 0.493 e. The number of thioether (sulfide) groups is 1. The molecule has 0 aromatic heterocycles. The number of rotatable bonds is 8. The number of methoxy groups -OCH3 is 1. The standard InChI is InChI=1S/C23H21ClN2O7S/c1-12-5-4-6-13(2)20(12)25-18(27)10-26-22(30)17(34-23(26)31)9-14-7-15(24)21(16(8-14)32-3)33-11-19(28)29/h4-9H,10-11H2,1-3H3,(H,25,27)(H,28,29)/b17-9-. The predicted octanol–water partition coefficient (Wildman–Crippen LogP) is 4.10. The van der Waals surface area contributed by atoms with Crippen molar-refractivity contribution in [2.24, 2.45) is 0 Å². The van der Waals surface area contributed by atoms with Crippen LogP contribution in [0.25, 0.3) is 6.08 Å². The van der Waals surface area contributed by atoms with Gasteiger partial charge in [0.1, 0.15) is 6.54 Å². The summed E-state index contributed by atoms with van der Waals surface area (Å²) in [6, 6.07) is 8.51. The highest BCUT2D eigenvalue weighted by Gasteiger charge is 2.36. The molecule has 0 atom stereocenters. The number of aliphatic carboxylic acids is 1. The van der Waals surface area contributed by atoms with Gasteiger partial charge in [0.05, 0.1) is 17.0 Å². The zero-order valence-electron chi connectivity index (χ0n) is 18.5. The van der Waals surface area contributed by atoms with E-state index in [2.05, 4.69) is 5.32 Å². The molecule has 11 heteroatoms. The third-order valence-corrected chi connectivity index (χ3v) is 6.00. The average molecular weight is 505 g/mol. The molecule has 0 aliphatic carbocycles. The molecule has 1 saturated heterocycles. The molecule has 0 radical (unpaired) electrons. The zero-order valence-corrected chi connectivity index (χ0v) is 20.1. The van der Waals surface area contributed by atoms with Crippen molar-refractivity contribution in [1.29, 1.82) is 0 Å². The normalized spacial score (nSPS) is 14.5. The Kier molecular flexibility index (Phi) is 7.85. The highest BCUT2D eigenvalue weighted by molar-refractivity contribution is 8.18. The number of imide groups is 1. The fourth-order valence-corrected chi connectivity index (χ4v) is 4.33. The van der Waals surface area contributed by atoms with Crippen LogP contribution in [0.1, 0.15) is 16.7 Å². The van der Waals surface area contributed by atoms with Crippen LogP contribution in [-0.2, 0) is 14.4 Å². The number of carbonyl (C=O) groups is 4. The molecule has 9 nitrogen and oxygen atoms in total. The van der Waals surface area contributed by atoms with E-state index in [1.54, 1.807) is 0 Å². The minimum Gasteiger partial charge on any atom is -0.493 e. The van der Waals surface area contributed by atoms with E-state index in [1.807, 2.05) is 32.0 Å². The highest BCUT2D eigenvalue weighted by atomic mass is 35.5. The number of aryl methyl sites for hydroxylation is 2. The van der Waals surface area contributed by atoms with Crippen LogP contribution in [0.2, 0.25) is 5.02 Å². The number of nitrogens with one attached hydrogen (secondary N) is 1. The number of carboxylic acid groups (broad SMARTS) is 1. The molecule has 1 aliphatic heterocycles. The van der Waals surface area contributed by atoms with Crippen LogP contribution < -0.4 is 14.8 Å². The lowest BCUT2D eigenvalue weighted by Gasteiger charge is -2.15. The van der Waals surface area contributed by atoms with Crippen LogP contribution in [0, 0.1) is 13.8 Å². The van der Waals surface area contributed by atoms with Gasteiger partial charge in [0, 0.05) is 5.69 Å². The third kappa shape index (κ3) is 5.70. The van der Waals surface area contributed by atoms with Crippen molar-refractivity contribution in [1.82, 2.24) is 4.90 Å². The summed E-state index contributed by atoms with van der Waals surface area (Å²) in [5.41, 5.74) is 2.80. The van der Waals surface area contributed by atoms with Crippen molar-refractivity contribution >= 4 is 58.1 Å². The molecule has 1 heterocycles. The number of anilines is 1. The lowest BCUT2D eigenvalue weighted by atomic mass is 10.1. The SMILES string of the molecule is COc1cc(/C=C2\SC(=O)N(CC(=O)Nc3c(C)cccc3C)C2=O)cc(Cl)c1OCC(=O)O. The summed E-state index contributed by atoms with van der Waals surface area (Å²) in [5, 5.41) is 11.0. The van der Waals surface area contributed by atoms with Crippen molar-refractivity contribution in [2.75, 3.05) is 25.6 Å². The number of ether oxygens (including phenoxy) is 2. The van der Waals surface area contributed by atoms with Crippen molar-refractivity contribution in [3.63, 3.8) is 0 Å². The smallest absolute Gasteiger partial charge is 0.341 e. The van der Waals surface area contributed by atoms with Gasteiger partial charge in [-0.05, 0) is 60.5 Å². The van der Waals surface area contributed by atoms with E-state index in [4.69, 9.17) is 26.2 Å². The molecule has 3 amide bonds. The fraction of sp³-hybridized carbons (Fsp3) is 0.217. The first kappa shape index (κ1) is 25.1. The van der Waals surface area contributed by atoms with Crippen LogP contribution in [0.5, 0.6) is 11.5 Å². The maximum absolute atomic E-state index is 12.8. The first-order valence-electron chi connectivity index (χ1n) is 9.94. The Morgan fingerprint density at radius 1 is 1.21 bits per heavy atom. The molecular weight excluding hydrogens is 484 g/mol. The number of carboxylic acids is 1. The summed E-state index contributed by atoms with van der Waals surface area (Å²) in [6.07, 6.45) is 1.43. The van der Waals surface area contributed by atoms with Crippen molar-refractivity contribution in [3.8, 4) is 11.5 Å². The van der Waals surface area contributed by atoms with E-state index in [-0.39, 0.29) is 21.4 Å². The lowest BCUT2D eigenvalue weighted by molar-refractivity contribution is -0.139. The molecule has 2 aromatic rings. The van der Waals surface area contributed by atoms with Gasteiger partial charge in [-0.2, -0.15) is 0 Å². The maximum atomic E-state index is 12.8. The maximum Gasteiger partial charge on any atom is 0.341 e. The molecule has 2 N–H and O–H groups in total. The van der Waals surface area contributed by atoms with Gasteiger partial charge in [-0.25, -0.2) is 4.79 Å². The summed E-state index contributed by atoms with van der Waals surface area (Å²) in [4.78, 5) is 49.5. The summed E-state index contributed by atoms with van der Waals surface area (Å²) in [7, 11) is 1.35. The second-order valence-corrected chi connectivity index (χ2v) is 8.70. The predicted molar refractivity (Wildman–Crippen MR) is 128 cm³/mol. The Bertz CT molecular complexity index is 1190. The fourth-order valence-electron chi connectivity index (χ4n) is 3.22. The van der Waals surface area contributed by atoms with Crippen molar-refractivity contribution in [3.05, 3.63) is 56.9 Å². The molecule has 3 rings (SSSR count). The van der Waals surface area contributed by atoms with E-state index < -0.39 is 36.2 Å². The Labute approximate surface area is 204 Å². The summed E-state index contributed by atoms with van der Waals surface area (Å²) < 4.78 is 10.4. The molecule has 0 bridgehead atoms. The highest BCUT2D eigenvalue weighted by Crippen LogP contribution is 2.39. The first-order chi connectivity index (χ1) is 16.1. The number of hydrogen-bond donors (Lipinski definition) is 2. The average Bonchev–Trinajstić information content (AvgIpc) is 3.02. The second kappa shape index (κ2) is 10.6. The summed E-state index contributed by atoms with van der Waals surface area (Å²) in [6.45, 7) is 2.66. The molecule has 0 spiro atoms. The third-order valence-electron chi connectivity index (χ3n) is 4.81. The molecule has 0 unspecified atom stereocenters. The topological polar surface area (TPSA) is 122 Å². The van der Waals surface area contributed by atoms with E-state index in [9.17, 15) is 19.2 Å². The minimum atomic E-state index is -1.18. The van der Waals surface area contributed by atoms with Gasteiger partial charge >= 0.3 is 5.97 Å². The Morgan fingerprint density at radius 3 is 2.50 bits per heavy atom. The van der Waals surface area contributed by atoms with Crippen molar-refractivity contribution < 1.29 is 33.8 Å². The van der Waals surface area contributed by atoms with Gasteiger partial charge in [0.25, 0.3) is 11.1 Å². The number of hydrogen-bond acceptors (Lipinski definition) is 7. The molecule has 1 aliphatic rings. The van der Waals surface area contributed by atoms with Gasteiger partial charge in [-0.1, -0.05) is 29.8 Å². The van der Waals surface area contributed by atoms with E-state index in [0.29, 0.717) is 23.0 Å². The van der Waals surface area contributed by atoms with Gasteiger partial charge < -0.3 is 19.9 Å². The number of benzene rings is 2. The monoisotopic (exact) mass is 504 g/mol. The van der Waals surface area contributed by atoms with Crippen LogP contribution in [0.4, 0.5) is 10.5 Å². The number of carbonyl (C=O) groups excluding carboxylic acids is 3. The summed E-state index contributed by atoms with van der Waals surface area (Å²) in [5.74, 6) is -2.09. The van der Waals surface area contributed by atoms with Gasteiger partial charge in [-0.15, -0.1) is 0 Å². The number of nitrogens with zero attached hydrogens (tertiary/aromatic N) is 1. The van der Waals surface area contributed by atoms with E-state index in [0.717, 1.165) is 16.0 Å². The number of amides is 3. The van der Waals surface area contributed by atoms with Gasteiger partial charge in [0.2, 0.25) is 5.91 Å². The van der Waals surface area contributed by atoms with E-state index in [1.165, 1.54) is 25.3 Å². The quantitative estimate of drug-likeness (QED) is 0.515. The van der Waals surface area contributed by atoms with Crippen LogP contribution in [-0.4, -0.2) is 53.3 Å². The summed E-state index contributed by atoms with van der Waals surface area (Å²) >= 11 is 6.89. The Hall–Kier alpha value is -3.50.